The Balaban J connectivity index is 1.73. The molecule has 1 fully saturated rings. The van der Waals surface area contributed by atoms with Crippen molar-refractivity contribution in [3.8, 4) is 11.5 Å². The number of rotatable bonds is 3. The fourth-order valence-corrected chi connectivity index (χ4v) is 2.42. The molecule has 1 heterocycles. The van der Waals surface area contributed by atoms with Gasteiger partial charge in [-0.3, -0.25) is 9.59 Å². The lowest BCUT2D eigenvalue weighted by Gasteiger charge is -2.15. The molecule has 4 nitrogen and oxygen atoms in total. The van der Waals surface area contributed by atoms with Gasteiger partial charge in [0.05, 0.1) is 13.0 Å². The van der Waals surface area contributed by atoms with Crippen molar-refractivity contribution in [2.75, 3.05) is 11.4 Å². The van der Waals surface area contributed by atoms with E-state index in [1.165, 1.54) is 4.90 Å². The summed E-state index contributed by atoms with van der Waals surface area (Å²) in [5.41, 5.74) is 0.717. The highest BCUT2D eigenvalue weighted by molar-refractivity contribution is 9.10. The number of carbonyl (C=O) groups excluding carboxylic acids is 2. The van der Waals surface area contributed by atoms with E-state index in [0.29, 0.717) is 11.4 Å². The molecule has 0 saturated carbocycles. The average Bonchev–Trinajstić information content (AvgIpc) is 2.81. The van der Waals surface area contributed by atoms with Crippen molar-refractivity contribution in [1.82, 2.24) is 0 Å². The zero-order valence-corrected chi connectivity index (χ0v) is 12.7. The number of halogens is 1. The maximum absolute atomic E-state index is 11.7. The van der Waals surface area contributed by atoms with E-state index in [4.69, 9.17) is 4.74 Å². The minimum absolute atomic E-state index is 0.00283. The molecule has 1 aliphatic heterocycles. The van der Waals surface area contributed by atoms with E-state index in [1.807, 2.05) is 24.3 Å². The second-order valence-electron chi connectivity index (χ2n) is 4.75. The van der Waals surface area contributed by atoms with Crippen molar-refractivity contribution in [3.63, 3.8) is 0 Å². The van der Waals surface area contributed by atoms with Crippen LogP contribution in [-0.4, -0.2) is 18.2 Å². The van der Waals surface area contributed by atoms with Crippen LogP contribution in [0.3, 0.4) is 0 Å². The molecule has 0 bridgehead atoms. The predicted octanol–water partition coefficient (Wildman–Crippen LogP) is 3.55. The van der Waals surface area contributed by atoms with Crippen LogP contribution in [0.15, 0.2) is 53.0 Å². The van der Waals surface area contributed by atoms with Gasteiger partial charge in [0.1, 0.15) is 11.5 Å². The molecule has 0 spiro atoms. The molecule has 1 saturated heterocycles. The SMILES string of the molecule is O=C1CC(=O)N(c2ccc(Oc3ccc(Br)cc3)cc2)C1. The highest BCUT2D eigenvalue weighted by atomic mass is 79.9. The van der Waals surface area contributed by atoms with Crippen LogP contribution in [0.25, 0.3) is 0 Å². The first kappa shape index (κ1) is 13.8. The van der Waals surface area contributed by atoms with Gasteiger partial charge in [0.15, 0.2) is 5.78 Å². The minimum atomic E-state index is -0.151. The number of Topliss-reactive ketones (excluding diaryl/α,β-unsaturated/α-hetero) is 1. The summed E-state index contributed by atoms with van der Waals surface area (Å²) < 4.78 is 6.70. The minimum Gasteiger partial charge on any atom is -0.457 e. The van der Waals surface area contributed by atoms with Gasteiger partial charge in [0, 0.05) is 10.2 Å². The number of carbonyl (C=O) groups is 2. The van der Waals surface area contributed by atoms with Gasteiger partial charge >= 0.3 is 0 Å². The van der Waals surface area contributed by atoms with Gasteiger partial charge in [-0.25, -0.2) is 0 Å². The zero-order valence-electron chi connectivity index (χ0n) is 11.1. The third kappa shape index (κ3) is 3.13. The van der Waals surface area contributed by atoms with Crippen LogP contribution >= 0.6 is 15.9 Å². The van der Waals surface area contributed by atoms with E-state index >= 15 is 0 Å². The summed E-state index contributed by atoms with van der Waals surface area (Å²) in [5, 5.41) is 0. The Kier molecular flexibility index (Phi) is 3.75. The van der Waals surface area contributed by atoms with E-state index in [2.05, 4.69) is 15.9 Å². The first-order valence-electron chi connectivity index (χ1n) is 6.47. The number of nitrogens with zero attached hydrogens (tertiary/aromatic N) is 1. The maximum Gasteiger partial charge on any atom is 0.234 e. The van der Waals surface area contributed by atoms with Crippen molar-refractivity contribution < 1.29 is 14.3 Å². The van der Waals surface area contributed by atoms with Gasteiger partial charge in [-0.2, -0.15) is 0 Å². The molecular formula is C16H12BrNO3. The summed E-state index contributed by atoms with van der Waals surface area (Å²) in [7, 11) is 0. The fourth-order valence-electron chi connectivity index (χ4n) is 2.15. The Labute approximate surface area is 130 Å². The quantitative estimate of drug-likeness (QED) is 0.799. The van der Waals surface area contributed by atoms with E-state index < -0.39 is 0 Å². The largest absolute Gasteiger partial charge is 0.457 e. The summed E-state index contributed by atoms with van der Waals surface area (Å²) in [6.07, 6.45) is -0.00283. The van der Waals surface area contributed by atoms with E-state index in [1.54, 1.807) is 24.3 Å². The van der Waals surface area contributed by atoms with Gasteiger partial charge in [0.25, 0.3) is 0 Å². The summed E-state index contributed by atoms with van der Waals surface area (Å²) in [6, 6.07) is 14.7. The molecule has 2 aromatic carbocycles. The molecule has 106 valence electrons. The van der Waals surface area contributed by atoms with Crippen LogP contribution in [0.2, 0.25) is 0 Å². The third-order valence-corrected chi connectivity index (χ3v) is 3.71. The smallest absolute Gasteiger partial charge is 0.234 e. The predicted molar refractivity (Wildman–Crippen MR) is 82.6 cm³/mol. The maximum atomic E-state index is 11.7. The molecule has 0 aliphatic carbocycles. The molecule has 0 aromatic heterocycles. The number of anilines is 1. The van der Waals surface area contributed by atoms with Crippen molar-refractivity contribution in [3.05, 3.63) is 53.0 Å². The average molecular weight is 346 g/mol. The molecule has 1 aliphatic rings. The molecule has 3 rings (SSSR count). The van der Waals surface area contributed by atoms with Crippen molar-refractivity contribution in [1.29, 1.82) is 0 Å². The van der Waals surface area contributed by atoms with Gasteiger partial charge in [-0.1, -0.05) is 15.9 Å². The monoisotopic (exact) mass is 345 g/mol. The molecule has 0 radical (unpaired) electrons. The van der Waals surface area contributed by atoms with Crippen molar-refractivity contribution in [2.24, 2.45) is 0 Å². The van der Waals surface area contributed by atoms with Crippen molar-refractivity contribution >= 4 is 33.3 Å². The highest BCUT2D eigenvalue weighted by Crippen LogP contribution is 2.27. The van der Waals surface area contributed by atoms with E-state index in [9.17, 15) is 9.59 Å². The van der Waals surface area contributed by atoms with Gasteiger partial charge in [-0.05, 0) is 48.5 Å². The van der Waals surface area contributed by atoms with Crippen LogP contribution in [0.1, 0.15) is 6.42 Å². The lowest BCUT2D eigenvalue weighted by atomic mass is 10.2. The Morgan fingerprint density at radius 2 is 1.48 bits per heavy atom. The van der Waals surface area contributed by atoms with Crippen LogP contribution in [0.4, 0.5) is 5.69 Å². The summed E-state index contributed by atoms with van der Waals surface area (Å²) in [4.78, 5) is 24.4. The Morgan fingerprint density at radius 3 is 2.00 bits per heavy atom. The fraction of sp³-hybridized carbons (Fsp3) is 0.125. The molecule has 0 atom stereocenters. The van der Waals surface area contributed by atoms with Gasteiger partial charge in [0.2, 0.25) is 5.91 Å². The molecule has 5 heteroatoms. The van der Waals surface area contributed by atoms with Crippen LogP contribution in [-0.2, 0) is 9.59 Å². The third-order valence-electron chi connectivity index (χ3n) is 3.18. The molecule has 0 N–H and O–H groups in total. The van der Waals surface area contributed by atoms with Gasteiger partial charge < -0.3 is 9.64 Å². The summed E-state index contributed by atoms with van der Waals surface area (Å²) >= 11 is 3.37. The second kappa shape index (κ2) is 5.69. The molecule has 0 unspecified atom stereocenters. The number of ether oxygens (including phenoxy) is 1. The van der Waals surface area contributed by atoms with Gasteiger partial charge in [-0.15, -0.1) is 0 Å². The number of benzene rings is 2. The Hall–Kier alpha value is -2.14. The number of hydrogen-bond acceptors (Lipinski definition) is 3. The zero-order chi connectivity index (χ0) is 14.8. The first-order valence-corrected chi connectivity index (χ1v) is 7.27. The van der Waals surface area contributed by atoms with Crippen LogP contribution < -0.4 is 9.64 Å². The standard InChI is InChI=1S/C16H12BrNO3/c17-11-1-5-14(6-2-11)21-15-7-3-12(4-8-15)18-10-13(19)9-16(18)20/h1-8H,9-10H2. The number of amides is 1. The molecule has 1 amide bonds. The van der Waals surface area contributed by atoms with Crippen molar-refractivity contribution in [2.45, 2.75) is 6.42 Å². The van der Waals surface area contributed by atoms with E-state index in [0.717, 1.165) is 10.2 Å². The number of hydrogen-bond donors (Lipinski definition) is 0. The molecular weight excluding hydrogens is 334 g/mol. The normalized spacial score (nSPS) is 14.6. The Morgan fingerprint density at radius 1 is 0.905 bits per heavy atom. The molecule has 21 heavy (non-hydrogen) atoms. The van der Waals surface area contributed by atoms with Crippen LogP contribution in [0, 0.1) is 0 Å². The highest BCUT2D eigenvalue weighted by Gasteiger charge is 2.28. The molecule has 2 aromatic rings. The number of ketones is 1. The van der Waals surface area contributed by atoms with Crippen LogP contribution in [0.5, 0.6) is 11.5 Å². The summed E-state index contributed by atoms with van der Waals surface area (Å²) in [5.74, 6) is 1.22. The van der Waals surface area contributed by atoms with E-state index in [-0.39, 0.29) is 24.7 Å². The summed E-state index contributed by atoms with van der Waals surface area (Å²) in [6.45, 7) is 0.158. The Bertz CT molecular complexity index is 680. The lowest BCUT2D eigenvalue weighted by molar-refractivity contribution is -0.121. The lowest BCUT2D eigenvalue weighted by Crippen LogP contribution is -2.24. The second-order valence-corrected chi connectivity index (χ2v) is 5.66. The first-order chi connectivity index (χ1) is 10.1. The topological polar surface area (TPSA) is 46.6 Å².